The molecule has 0 saturated carbocycles. The highest BCUT2D eigenvalue weighted by molar-refractivity contribution is 9.09. The van der Waals surface area contributed by atoms with E-state index < -0.39 is 0 Å². The molecule has 0 aliphatic rings. The lowest BCUT2D eigenvalue weighted by Crippen LogP contribution is -3.00. The summed E-state index contributed by atoms with van der Waals surface area (Å²) in [6.45, 7) is 7.38. The number of alkyl halides is 1. The van der Waals surface area contributed by atoms with Gasteiger partial charge in [0.2, 0.25) is 0 Å². The lowest BCUT2D eigenvalue weighted by molar-refractivity contribution is -0.892. The molecule has 0 aliphatic heterocycles. The standard InChI is InChI=1S/C17H35BrN.BrH/c1-5-7-8-9-10-11-12-13-14-15-16-19(3,4)17(18)6-2;/h6,17H,2,5,7-16H2,1,3-4H3;1H/q+1;/p-1. The fraction of sp³-hybridized carbons (Fsp3) is 0.882. The van der Waals surface area contributed by atoms with Crippen LogP contribution < -0.4 is 17.0 Å². The molecule has 1 nitrogen and oxygen atoms in total. The SMILES string of the molecule is C=CC(Br)[N+](C)(C)CCCCCCCCCCCC.[Br-]. The van der Waals surface area contributed by atoms with Crippen molar-refractivity contribution in [1.82, 2.24) is 0 Å². The second-order valence-corrected chi connectivity index (χ2v) is 7.23. The molecule has 0 saturated heterocycles. The second kappa shape index (κ2) is 14.6. The molecule has 0 heterocycles. The van der Waals surface area contributed by atoms with Crippen molar-refractivity contribution >= 4 is 15.9 Å². The second-order valence-electron chi connectivity index (χ2n) is 6.29. The molecule has 0 amide bonds. The Kier molecular flexibility index (Phi) is 16.7. The molecule has 20 heavy (non-hydrogen) atoms. The lowest BCUT2D eigenvalue weighted by atomic mass is 10.1. The summed E-state index contributed by atoms with van der Waals surface area (Å²) < 4.78 is 1.00. The van der Waals surface area contributed by atoms with E-state index in [9.17, 15) is 0 Å². The quantitative estimate of drug-likeness (QED) is 0.143. The number of nitrogens with zero attached hydrogens (tertiary/aromatic N) is 1. The van der Waals surface area contributed by atoms with Gasteiger partial charge in [-0.3, -0.25) is 0 Å². The van der Waals surface area contributed by atoms with Crippen molar-refractivity contribution < 1.29 is 21.5 Å². The normalized spacial score (nSPS) is 12.8. The molecule has 0 spiro atoms. The first-order valence-electron chi connectivity index (χ1n) is 8.14. The Morgan fingerprint density at radius 1 is 0.900 bits per heavy atom. The predicted octanol–water partition coefficient (Wildman–Crippen LogP) is 2.89. The Labute approximate surface area is 146 Å². The van der Waals surface area contributed by atoms with Gasteiger partial charge in [0.1, 0.15) is 0 Å². The van der Waals surface area contributed by atoms with E-state index in [0.717, 1.165) is 4.48 Å². The molecule has 0 radical (unpaired) electrons. The topological polar surface area (TPSA) is 0 Å². The van der Waals surface area contributed by atoms with Gasteiger partial charge in [0.15, 0.2) is 4.95 Å². The molecule has 0 N–H and O–H groups in total. The molecule has 0 aromatic rings. The number of quaternary nitrogens is 1. The molecule has 0 aliphatic carbocycles. The van der Waals surface area contributed by atoms with Gasteiger partial charge in [-0.25, -0.2) is 0 Å². The molecule has 0 aromatic carbocycles. The van der Waals surface area contributed by atoms with E-state index in [1.165, 1.54) is 70.8 Å². The largest absolute Gasteiger partial charge is 1.00 e. The van der Waals surface area contributed by atoms with E-state index in [1.54, 1.807) is 0 Å². The zero-order valence-electron chi connectivity index (χ0n) is 13.8. The van der Waals surface area contributed by atoms with Gasteiger partial charge in [0.05, 0.1) is 20.6 Å². The first-order valence-corrected chi connectivity index (χ1v) is 9.05. The van der Waals surface area contributed by atoms with Crippen LogP contribution in [0.2, 0.25) is 0 Å². The van der Waals surface area contributed by atoms with Crippen LogP contribution in [0.3, 0.4) is 0 Å². The summed E-state index contributed by atoms with van der Waals surface area (Å²) in [6, 6.07) is 0. The first-order chi connectivity index (χ1) is 9.04. The van der Waals surface area contributed by atoms with E-state index in [2.05, 4.69) is 43.5 Å². The number of halogens is 2. The Morgan fingerprint density at radius 3 is 1.70 bits per heavy atom. The van der Waals surface area contributed by atoms with Gasteiger partial charge in [0.25, 0.3) is 0 Å². The van der Waals surface area contributed by atoms with Crippen LogP contribution in [0.4, 0.5) is 0 Å². The van der Waals surface area contributed by atoms with Gasteiger partial charge < -0.3 is 21.5 Å². The third-order valence-electron chi connectivity index (χ3n) is 3.95. The van der Waals surface area contributed by atoms with Crippen molar-refractivity contribution in [2.45, 2.75) is 76.1 Å². The zero-order valence-corrected chi connectivity index (χ0v) is 17.0. The molecular formula is C17H35Br2N. The minimum atomic E-state index is 0. The molecule has 122 valence electrons. The number of rotatable bonds is 13. The minimum absolute atomic E-state index is 0. The Hall–Kier alpha value is 0.660. The summed E-state index contributed by atoms with van der Waals surface area (Å²) in [5, 5.41) is 0. The number of hydrogen-bond acceptors (Lipinski definition) is 0. The van der Waals surface area contributed by atoms with E-state index in [-0.39, 0.29) is 17.0 Å². The van der Waals surface area contributed by atoms with Crippen LogP contribution in [0, 0.1) is 0 Å². The Balaban J connectivity index is 0. The van der Waals surface area contributed by atoms with E-state index in [4.69, 9.17) is 0 Å². The molecule has 0 bridgehead atoms. The number of hydrogen-bond donors (Lipinski definition) is 0. The van der Waals surface area contributed by atoms with Crippen molar-refractivity contribution in [3.8, 4) is 0 Å². The molecule has 1 unspecified atom stereocenters. The van der Waals surface area contributed by atoms with Gasteiger partial charge >= 0.3 is 0 Å². The highest BCUT2D eigenvalue weighted by atomic mass is 79.9. The summed E-state index contributed by atoms with van der Waals surface area (Å²) in [5.74, 6) is 0. The summed E-state index contributed by atoms with van der Waals surface area (Å²) in [5.41, 5.74) is 0. The van der Waals surface area contributed by atoms with E-state index in [0.29, 0.717) is 4.95 Å². The first kappa shape index (κ1) is 22.9. The monoisotopic (exact) mass is 411 g/mol. The lowest BCUT2D eigenvalue weighted by Gasteiger charge is -2.33. The molecule has 0 fully saturated rings. The molecule has 0 rings (SSSR count). The maximum Gasteiger partial charge on any atom is 0.162 e. The third-order valence-corrected chi connectivity index (χ3v) is 5.43. The van der Waals surface area contributed by atoms with Crippen LogP contribution in [-0.2, 0) is 0 Å². The van der Waals surface area contributed by atoms with Crippen molar-refractivity contribution in [1.29, 1.82) is 0 Å². The highest BCUT2D eigenvalue weighted by Gasteiger charge is 2.21. The average Bonchev–Trinajstić information content (AvgIpc) is 2.39. The third kappa shape index (κ3) is 12.4. The zero-order chi connectivity index (χ0) is 14.6. The van der Waals surface area contributed by atoms with Gasteiger partial charge in [-0.05, 0) is 34.8 Å². The van der Waals surface area contributed by atoms with Crippen molar-refractivity contribution in [2.24, 2.45) is 0 Å². The average molecular weight is 413 g/mol. The maximum atomic E-state index is 3.86. The van der Waals surface area contributed by atoms with Crippen LogP contribution >= 0.6 is 15.9 Å². The number of unbranched alkanes of at least 4 members (excludes halogenated alkanes) is 9. The summed E-state index contributed by atoms with van der Waals surface area (Å²) in [4.78, 5) is 0.381. The summed E-state index contributed by atoms with van der Waals surface area (Å²) in [7, 11) is 4.55. The van der Waals surface area contributed by atoms with Crippen LogP contribution in [0.5, 0.6) is 0 Å². The molecule has 1 atom stereocenters. The van der Waals surface area contributed by atoms with Crippen molar-refractivity contribution in [3.63, 3.8) is 0 Å². The number of likely N-dealkylation sites (N-methyl/N-ethyl adjacent to an activating group) is 1. The fourth-order valence-electron chi connectivity index (χ4n) is 2.42. The Morgan fingerprint density at radius 2 is 1.30 bits per heavy atom. The van der Waals surface area contributed by atoms with E-state index in [1.807, 2.05) is 6.08 Å². The predicted molar refractivity (Wildman–Crippen MR) is 91.7 cm³/mol. The fourth-order valence-corrected chi connectivity index (χ4v) is 2.62. The van der Waals surface area contributed by atoms with Crippen molar-refractivity contribution in [2.75, 3.05) is 20.6 Å². The van der Waals surface area contributed by atoms with E-state index >= 15 is 0 Å². The summed E-state index contributed by atoms with van der Waals surface area (Å²) in [6.07, 6.45) is 16.1. The van der Waals surface area contributed by atoms with Gasteiger partial charge in [0, 0.05) is 0 Å². The van der Waals surface area contributed by atoms with Crippen LogP contribution in [0.15, 0.2) is 12.7 Å². The summed E-state index contributed by atoms with van der Waals surface area (Å²) >= 11 is 3.68. The molecular weight excluding hydrogens is 378 g/mol. The van der Waals surface area contributed by atoms with Crippen LogP contribution in [0.25, 0.3) is 0 Å². The van der Waals surface area contributed by atoms with Crippen LogP contribution in [0.1, 0.15) is 71.1 Å². The van der Waals surface area contributed by atoms with Crippen LogP contribution in [-0.4, -0.2) is 30.1 Å². The minimum Gasteiger partial charge on any atom is -1.00 e. The maximum absolute atomic E-state index is 3.86. The smallest absolute Gasteiger partial charge is 0.162 e. The van der Waals surface area contributed by atoms with Gasteiger partial charge in [-0.2, -0.15) is 0 Å². The highest BCUT2D eigenvalue weighted by Crippen LogP contribution is 2.17. The van der Waals surface area contributed by atoms with Crippen molar-refractivity contribution in [3.05, 3.63) is 12.7 Å². The molecule has 3 heteroatoms. The molecule has 0 aromatic heterocycles. The van der Waals surface area contributed by atoms with Gasteiger partial charge in [-0.15, -0.1) is 0 Å². The van der Waals surface area contributed by atoms with Gasteiger partial charge in [-0.1, -0.05) is 64.9 Å². The Bertz CT molecular complexity index is 217.